The fourth-order valence-electron chi connectivity index (χ4n) is 1.17. The molecule has 1 rings (SSSR count). The van der Waals surface area contributed by atoms with Crippen LogP contribution in [-0.2, 0) is 11.2 Å². The fraction of sp³-hybridized carbons (Fsp3) is 0.300. The quantitative estimate of drug-likeness (QED) is 0.859. The molecule has 3 N–H and O–H groups in total. The number of hydrogen-bond donors (Lipinski definition) is 2. The number of carboxylic acids is 1. The predicted octanol–water partition coefficient (Wildman–Crippen LogP) is 2.34. The van der Waals surface area contributed by atoms with Gasteiger partial charge < -0.3 is 10.8 Å². The van der Waals surface area contributed by atoms with Gasteiger partial charge in [0, 0.05) is 10.0 Å². The van der Waals surface area contributed by atoms with Crippen molar-refractivity contribution in [2.45, 2.75) is 18.9 Å². The zero-order valence-electron chi connectivity index (χ0n) is 7.91. The van der Waals surface area contributed by atoms with Crippen LogP contribution in [0.1, 0.15) is 12.0 Å². The summed E-state index contributed by atoms with van der Waals surface area (Å²) >= 11 is 11.7. The van der Waals surface area contributed by atoms with Crippen molar-refractivity contribution in [3.63, 3.8) is 0 Å². The van der Waals surface area contributed by atoms with Gasteiger partial charge in [0.2, 0.25) is 0 Å². The summed E-state index contributed by atoms with van der Waals surface area (Å²) in [6.45, 7) is 0. The summed E-state index contributed by atoms with van der Waals surface area (Å²) in [5, 5.41) is 9.76. The van der Waals surface area contributed by atoms with Gasteiger partial charge in [-0.1, -0.05) is 23.2 Å². The summed E-state index contributed by atoms with van der Waals surface area (Å²) < 4.78 is 0. The molecule has 0 saturated carbocycles. The lowest BCUT2D eigenvalue weighted by Crippen LogP contribution is -2.30. The van der Waals surface area contributed by atoms with Gasteiger partial charge in [-0.25, -0.2) is 0 Å². The van der Waals surface area contributed by atoms with E-state index >= 15 is 0 Å². The van der Waals surface area contributed by atoms with E-state index in [1.165, 1.54) is 0 Å². The molecule has 5 heteroatoms. The maximum atomic E-state index is 10.5. The number of aryl methyl sites for hydroxylation is 1. The first-order valence-electron chi connectivity index (χ1n) is 4.43. The highest BCUT2D eigenvalue weighted by molar-refractivity contribution is 6.33. The molecule has 1 aromatic carbocycles. The van der Waals surface area contributed by atoms with Gasteiger partial charge in [-0.15, -0.1) is 0 Å². The SMILES string of the molecule is N[C@@H](CCc1cc(Cl)ccc1Cl)C(=O)O. The highest BCUT2D eigenvalue weighted by Crippen LogP contribution is 2.22. The summed E-state index contributed by atoms with van der Waals surface area (Å²) in [6, 6.07) is 4.23. The van der Waals surface area contributed by atoms with Crippen molar-refractivity contribution in [2.75, 3.05) is 0 Å². The Morgan fingerprint density at radius 3 is 2.73 bits per heavy atom. The van der Waals surface area contributed by atoms with E-state index in [2.05, 4.69) is 0 Å². The summed E-state index contributed by atoms with van der Waals surface area (Å²) in [7, 11) is 0. The number of benzene rings is 1. The number of carboxylic acid groups (broad SMARTS) is 1. The molecule has 0 fully saturated rings. The Hall–Kier alpha value is -0.770. The van der Waals surface area contributed by atoms with Gasteiger partial charge in [0.05, 0.1) is 0 Å². The molecule has 1 aromatic rings. The lowest BCUT2D eigenvalue weighted by molar-refractivity contribution is -0.138. The third-order valence-corrected chi connectivity index (χ3v) is 2.65. The van der Waals surface area contributed by atoms with Crippen molar-refractivity contribution in [3.8, 4) is 0 Å². The Labute approximate surface area is 97.8 Å². The highest BCUT2D eigenvalue weighted by Gasteiger charge is 2.12. The van der Waals surface area contributed by atoms with E-state index in [-0.39, 0.29) is 0 Å². The number of carbonyl (C=O) groups is 1. The number of aliphatic carboxylic acids is 1. The Kier molecular flexibility index (Phi) is 4.39. The monoisotopic (exact) mass is 247 g/mol. The molecular weight excluding hydrogens is 237 g/mol. The molecule has 0 aliphatic rings. The number of hydrogen-bond acceptors (Lipinski definition) is 2. The average molecular weight is 248 g/mol. The molecule has 1 atom stereocenters. The van der Waals surface area contributed by atoms with Crippen LogP contribution in [0.5, 0.6) is 0 Å². The molecule has 0 bridgehead atoms. The van der Waals surface area contributed by atoms with Crippen molar-refractivity contribution < 1.29 is 9.90 Å². The van der Waals surface area contributed by atoms with Crippen molar-refractivity contribution in [1.82, 2.24) is 0 Å². The van der Waals surface area contributed by atoms with E-state index in [0.717, 1.165) is 5.56 Å². The first-order chi connectivity index (χ1) is 7.00. The lowest BCUT2D eigenvalue weighted by atomic mass is 10.1. The molecule has 82 valence electrons. The van der Waals surface area contributed by atoms with E-state index in [0.29, 0.717) is 22.9 Å². The number of halogens is 2. The largest absolute Gasteiger partial charge is 0.480 e. The van der Waals surface area contributed by atoms with Crippen molar-refractivity contribution in [3.05, 3.63) is 33.8 Å². The Balaban J connectivity index is 2.65. The topological polar surface area (TPSA) is 63.3 Å². The second-order valence-electron chi connectivity index (χ2n) is 3.22. The van der Waals surface area contributed by atoms with Gasteiger partial charge in [0.25, 0.3) is 0 Å². The number of rotatable bonds is 4. The molecule has 0 aliphatic heterocycles. The predicted molar refractivity (Wildman–Crippen MR) is 60.4 cm³/mol. The molecule has 0 spiro atoms. The van der Waals surface area contributed by atoms with Crippen LogP contribution < -0.4 is 5.73 Å². The smallest absolute Gasteiger partial charge is 0.320 e. The van der Waals surface area contributed by atoms with Gasteiger partial charge in [-0.3, -0.25) is 4.79 Å². The van der Waals surface area contributed by atoms with Crippen LogP contribution in [0.4, 0.5) is 0 Å². The van der Waals surface area contributed by atoms with Gasteiger partial charge in [0.15, 0.2) is 0 Å². The van der Waals surface area contributed by atoms with Crippen LogP contribution in [0.2, 0.25) is 10.0 Å². The number of nitrogens with two attached hydrogens (primary N) is 1. The minimum Gasteiger partial charge on any atom is -0.480 e. The van der Waals surface area contributed by atoms with Gasteiger partial charge in [0.1, 0.15) is 6.04 Å². The second-order valence-corrected chi connectivity index (χ2v) is 4.06. The van der Waals surface area contributed by atoms with Crippen LogP contribution >= 0.6 is 23.2 Å². The van der Waals surface area contributed by atoms with Crippen LogP contribution in [0.3, 0.4) is 0 Å². The third-order valence-electron chi connectivity index (χ3n) is 2.05. The summed E-state index contributed by atoms with van der Waals surface area (Å²) in [5.74, 6) is -1.01. The third kappa shape index (κ3) is 3.70. The summed E-state index contributed by atoms with van der Waals surface area (Å²) in [5.41, 5.74) is 6.20. The van der Waals surface area contributed by atoms with Crippen molar-refractivity contribution in [2.24, 2.45) is 5.73 Å². The molecule has 0 amide bonds. The molecule has 3 nitrogen and oxygen atoms in total. The van der Waals surface area contributed by atoms with Crippen molar-refractivity contribution >= 4 is 29.2 Å². The molecule has 0 radical (unpaired) electrons. The lowest BCUT2D eigenvalue weighted by Gasteiger charge is -2.07. The first-order valence-corrected chi connectivity index (χ1v) is 5.18. The summed E-state index contributed by atoms with van der Waals surface area (Å²) in [4.78, 5) is 10.5. The molecule has 0 aliphatic carbocycles. The van der Waals surface area contributed by atoms with Crippen LogP contribution in [-0.4, -0.2) is 17.1 Å². The highest BCUT2D eigenvalue weighted by atomic mass is 35.5. The Morgan fingerprint density at radius 1 is 1.47 bits per heavy atom. The normalized spacial score (nSPS) is 12.5. The van der Waals surface area contributed by atoms with Crippen LogP contribution in [0, 0.1) is 0 Å². The maximum Gasteiger partial charge on any atom is 0.320 e. The molecule has 0 heterocycles. The van der Waals surface area contributed by atoms with Crippen molar-refractivity contribution in [1.29, 1.82) is 0 Å². The van der Waals surface area contributed by atoms with E-state index in [4.69, 9.17) is 34.0 Å². The van der Waals surface area contributed by atoms with Crippen LogP contribution in [0.25, 0.3) is 0 Å². The molecule has 0 aromatic heterocycles. The van der Waals surface area contributed by atoms with Crippen LogP contribution in [0.15, 0.2) is 18.2 Å². The molecule has 0 unspecified atom stereocenters. The van der Waals surface area contributed by atoms with E-state index in [9.17, 15) is 4.79 Å². The molecule has 0 saturated heterocycles. The Bertz CT molecular complexity index is 368. The maximum absolute atomic E-state index is 10.5. The zero-order valence-corrected chi connectivity index (χ0v) is 9.42. The molecule has 15 heavy (non-hydrogen) atoms. The Morgan fingerprint density at radius 2 is 2.13 bits per heavy atom. The van der Waals surface area contributed by atoms with Gasteiger partial charge in [-0.05, 0) is 36.6 Å². The second kappa shape index (κ2) is 5.35. The summed E-state index contributed by atoms with van der Waals surface area (Å²) in [6.07, 6.45) is 0.849. The molecular formula is C10H11Cl2NO2. The van der Waals surface area contributed by atoms with E-state index < -0.39 is 12.0 Å². The van der Waals surface area contributed by atoms with Gasteiger partial charge in [-0.2, -0.15) is 0 Å². The minimum absolute atomic E-state index is 0.343. The average Bonchev–Trinajstić information content (AvgIpc) is 2.18. The van der Waals surface area contributed by atoms with E-state index in [1.807, 2.05) is 0 Å². The standard InChI is InChI=1S/C10H11Cl2NO2/c11-7-2-3-8(12)6(5-7)1-4-9(13)10(14)15/h2-3,5,9H,1,4,13H2,(H,14,15)/t9-/m0/s1. The van der Waals surface area contributed by atoms with Gasteiger partial charge >= 0.3 is 5.97 Å². The minimum atomic E-state index is -1.01. The zero-order chi connectivity index (χ0) is 11.4. The van der Waals surface area contributed by atoms with E-state index in [1.54, 1.807) is 18.2 Å². The fourth-order valence-corrected chi connectivity index (χ4v) is 1.58. The first kappa shape index (κ1) is 12.3.